The van der Waals surface area contributed by atoms with Crippen LogP contribution in [0, 0.1) is 41.8 Å². The first-order valence-corrected chi connectivity index (χ1v) is 10.8. The number of hydrazine groups is 1. The van der Waals surface area contributed by atoms with E-state index in [4.69, 9.17) is 0 Å². The summed E-state index contributed by atoms with van der Waals surface area (Å²) >= 11 is 0. The van der Waals surface area contributed by atoms with E-state index < -0.39 is 34.9 Å². The molecule has 0 spiro atoms. The van der Waals surface area contributed by atoms with E-state index in [0.717, 1.165) is 22.9 Å². The van der Waals surface area contributed by atoms with Gasteiger partial charge in [-0.25, -0.2) is 31.0 Å². The van der Waals surface area contributed by atoms with Crippen molar-refractivity contribution in [3.8, 4) is 5.69 Å². The minimum Gasteiger partial charge on any atom is -0.300 e. The van der Waals surface area contributed by atoms with Gasteiger partial charge in [-0.15, -0.1) is 0 Å². The van der Waals surface area contributed by atoms with Crippen molar-refractivity contribution in [1.29, 1.82) is 0 Å². The summed E-state index contributed by atoms with van der Waals surface area (Å²) in [4.78, 5) is 0. The number of halogens is 6. The van der Waals surface area contributed by atoms with Gasteiger partial charge >= 0.3 is 0 Å². The number of benzene rings is 3. The summed E-state index contributed by atoms with van der Waals surface area (Å²) in [5, 5.41) is 4.00. The Morgan fingerprint density at radius 1 is 0.889 bits per heavy atom. The summed E-state index contributed by atoms with van der Waals surface area (Å²) in [5.74, 6) is -5.29. The summed E-state index contributed by atoms with van der Waals surface area (Å²) < 4.78 is 87.0. The SMILES string of the molecule is CCc1cc(F)cc(F)c1NN/C(=C/c1cc(F)cc(F)c1C)c1cc(F)cc(F)c1-n1cccn1. The molecule has 0 saturated carbocycles. The fraction of sp³-hybridized carbons (Fsp3) is 0.115. The quantitative estimate of drug-likeness (QED) is 0.168. The third-order valence-corrected chi connectivity index (χ3v) is 5.54. The molecule has 0 amide bonds. The van der Waals surface area contributed by atoms with Gasteiger partial charge in [-0.05, 0) is 60.4 Å². The predicted octanol–water partition coefficient (Wildman–Crippen LogP) is 6.69. The van der Waals surface area contributed by atoms with Gasteiger partial charge in [0.2, 0.25) is 0 Å². The summed E-state index contributed by atoms with van der Waals surface area (Å²) in [6.07, 6.45) is 4.32. The lowest BCUT2D eigenvalue weighted by Crippen LogP contribution is -2.23. The second kappa shape index (κ2) is 10.2. The van der Waals surface area contributed by atoms with Crippen molar-refractivity contribution in [3.63, 3.8) is 0 Å². The molecule has 2 N–H and O–H groups in total. The number of nitrogens with one attached hydrogen (secondary N) is 2. The first kappa shape index (κ1) is 24.9. The zero-order chi connectivity index (χ0) is 26.0. The van der Waals surface area contributed by atoms with E-state index in [9.17, 15) is 26.3 Å². The van der Waals surface area contributed by atoms with Crippen LogP contribution < -0.4 is 10.9 Å². The number of rotatable bonds is 7. The lowest BCUT2D eigenvalue weighted by molar-refractivity contribution is 0.572. The molecule has 0 saturated heterocycles. The van der Waals surface area contributed by atoms with E-state index in [1.165, 1.54) is 31.5 Å². The molecule has 4 aromatic rings. The number of hydrogen-bond acceptors (Lipinski definition) is 3. The van der Waals surface area contributed by atoms with Crippen LogP contribution >= 0.6 is 0 Å². The maximum absolute atomic E-state index is 15.0. The van der Waals surface area contributed by atoms with Gasteiger partial charge in [0.1, 0.15) is 29.0 Å². The number of hydrogen-bond donors (Lipinski definition) is 2. The van der Waals surface area contributed by atoms with Gasteiger partial charge in [-0.2, -0.15) is 5.10 Å². The molecule has 0 bridgehead atoms. The predicted molar refractivity (Wildman–Crippen MR) is 125 cm³/mol. The van der Waals surface area contributed by atoms with Crippen LogP contribution in [0.3, 0.4) is 0 Å². The Kier molecular flexibility index (Phi) is 7.05. The third-order valence-electron chi connectivity index (χ3n) is 5.54. The molecule has 0 fully saturated rings. The monoisotopic (exact) mass is 502 g/mol. The molecule has 36 heavy (non-hydrogen) atoms. The number of aromatic nitrogens is 2. The summed E-state index contributed by atoms with van der Waals surface area (Å²) in [5.41, 5.74) is 5.27. The highest BCUT2D eigenvalue weighted by molar-refractivity contribution is 5.85. The van der Waals surface area contributed by atoms with E-state index in [0.29, 0.717) is 18.2 Å². The van der Waals surface area contributed by atoms with Gasteiger partial charge in [0, 0.05) is 36.2 Å². The topological polar surface area (TPSA) is 41.9 Å². The molecule has 0 aliphatic rings. The Morgan fingerprint density at radius 2 is 1.56 bits per heavy atom. The minimum atomic E-state index is -0.967. The van der Waals surface area contributed by atoms with Gasteiger partial charge in [0.05, 0.1) is 11.4 Å². The molecule has 0 atom stereocenters. The van der Waals surface area contributed by atoms with Gasteiger partial charge in [0.25, 0.3) is 0 Å². The zero-order valence-corrected chi connectivity index (χ0v) is 19.1. The summed E-state index contributed by atoms with van der Waals surface area (Å²) in [6.45, 7) is 3.09. The Balaban J connectivity index is 1.91. The Hall–Kier alpha value is -4.21. The van der Waals surface area contributed by atoms with E-state index in [-0.39, 0.29) is 45.7 Å². The molecule has 1 aromatic heterocycles. The largest absolute Gasteiger partial charge is 0.300 e. The van der Waals surface area contributed by atoms with Crippen LogP contribution in [0.25, 0.3) is 17.5 Å². The number of aryl methyl sites for hydroxylation is 1. The van der Waals surface area contributed by atoms with Crippen molar-refractivity contribution in [3.05, 3.63) is 112 Å². The highest BCUT2D eigenvalue weighted by Crippen LogP contribution is 2.29. The molecular weight excluding hydrogens is 482 g/mol. The van der Waals surface area contributed by atoms with Crippen LogP contribution in [0.15, 0.2) is 54.9 Å². The van der Waals surface area contributed by atoms with Crippen molar-refractivity contribution in [1.82, 2.24) is 15.2 Å². The molecule has 4 nitrogen and oxygen atoms in total. The smallest absolute Gasteiger partial charge is 0.152 e. The zero-order valence-electron chi connectivity index (χ0n) is 19.1. The molecule has 1 heterocycles. The lowest BCUT2D eigenvalue weighted by Gasteiger charge is -2.20. The van der Waals surface area contributed by atoms with Crippen molar-refractivity contribution in [2.75, 3.05) is 5.43 Å². The van der Waals surface area contributed by atoms with Crippen molar-refractivity contribution < 1.29 is 26.3 Å². The maximum Gasteiger partial charge on any atom is 0.152 e. The lowest BCUT2D eigenvalue weighted by atomic mass is 10.0. The normalized spacial score (nSPS) is 11.6. The second-order valence-electron chi connectivity index (χ2n) is 7.92. The summed E-state index contributed by atoms with van der Waals surface area (Å²) in [6, 6.07) is 6.74. The van der Waals surface area contributed by atoms with Crippen LogP contribution in [-0.4, -0.2) is 9.78 Å². The molecule has 0 unspecified atom stereocenters. The molecule has 0 aliphatic heterocycles. The van der Waals surface area contributed by atoms with Crippen LogP contribution in [0.2, 0.25) is 0 Å². The third kappa shape index (κ3) is 5.07. The van der Waals surface area contributed by atoms with Gasteiger partial charge in [-0.1, -0.05) is 6.92 Å². The standard InChI is InChI=1S/C26H20F6N4/c1-3-15-7-17(27)12-22(31)25(15)35-34-24(9-16-8-18(28)11-21(30)14(16)2)20-10-19(29)13-23(32)26(20)36-6-4-5-33-36/h4-13,34-35H,3H2,1-2H3/b24-9+. The maximum atomic E-state index is 15.0. The average Bonchev–Trinajstić information content (AvgIpc) is 3.34. The Labute approximate surface area is 202 Å². The van der Waals surface area contributed by atoms with Crippen LogP contribution in [0.1, 0.15) is 29.2 Å². The van der Waals surface area contributed by atoms with Crippen LogP contribution in [0.4, 0.5) is 32.0 Å². The number of nitrogens with zero attached hydrogens (tertiary/aromatic N) is 2. The molecule has 10 heteroatoms. The van der Waals surface area contributed by atoms with Gasteiger partial charge in [0.15, 0.2) is 11.6 Å². The van der Waals surface area contributed by atoms with Crippen molar-refractivity contribution in [2.45, 2.75) is 20.3 Å². The van der Waals surface area contributed by atoms with Crippen molar-refractivity contribution in [2.24, 2.45) is 0 Å². The highest BCUT2D eigenvalue weighted by atomic mass is 19.2. The average molecular weight is 502 g/mol. The first-order chi connectivity index (χ1) is 17.2. The van der Waals surface area contributed by atoms with Gasteiger partial charge in [-0.3, -0.25) is 5.43 Å². The fourth-order valence-electron chi connectivity index (χ4n) is 3.73. The minimum absolute atomic E-state index is 0.0585. The number of anilines is 1. The Bertz CT molecular complexity index is 1450. The molecular formula is C26H20F6N4. The molecule has 0 radical (unpaired) electrons. The molecule has 3 aromatic carbocycles. The Morgan fingerprint density at radius 3 is 2.25 bits per heavy atom. The van der Waals surface area contributed by atoms with Crippen LogP contribution in [-0.2, 0) is 6.42 Å². The van der Waals surface area contributed by atoms with Crippen LogP contribution in [0.5, 0.6) is 0 Å². The van der Waals surface area contributed by atoms with Crippen molar-refractivity contribution >= 4 is 17.5 Å². The van der Waals surface area contributed by atoms with E-state index >= 15 is 0 Å². The molecule has 4 rings (SSSR count). The first-order valence-electron chi connectivity index (χ1n) is 10.8. The van der Waals surface area contributed by atoms with E-state index in [1.54, 1.807) is 6.92 Å². The fourth-order valence-corrected chi connectivity index (χ4v) is 3.73. The van der Waals surface area contributed by atoms with E-state index in [1.807, 2.05) is 0 Å². The molecule has 0 aliphatic carbocycles. The van der Waals surface area contributed by atoms with Gasteiger partial charge < -0.3 is 5.43 Å². The highest BCUT2D eigenvalue weighted by Gasteiger charge is 2.19. The summed E-state index contributed by atoms with van der Waals surface area (Å²) in [7, 11) is 0. The molecule has 186 valence electrons. The second-order valence-corrected chi connectivity index (χ2v) is 7.92. The van der Waals surface area contributed by atoms with E-state index in [2.05, 4.69) is 16.0 Å².